The van der Waals surface area contributed by atoms with E-state index in [0.29, 0.717) is 5.57 Å². The van der Waals surface area contributed by atoms with E-state index in [1.807, 2.05) is 37.3 Å². The van der Waals surface area contributed by atoms with E-state index in [4.69, 9.17) is 10.00 Å². The van der Waals surface area contributed by atoms with Gasteiger partial charge in [0, 0.05) is 0 Å². The molecular formula is C14H15NO2. The van der Waals surface area contributed by atoms with Gasteiger partial charge in [0.25, 0.3) is 0 Å². The summed E-state index contributed by atoms with van der Waals surface area (Å²) in [6, 6.07) is 9.58. The highest BCUT2D eigenvalue weighted by molar-refractivity contribution is 6.01. The van der Waals surface area contributed by atoms with Gasteiger partial charge < -0.3 is 4.74 Å². The van der Waals surface area contributed by atoms with Crippen LogP contribution in [-0.2, 0) is 9.53 Å². The first-order valence-corrected chi connectivity index (χ1v) is 5.45. The first-order chi connectivity index (χ1) is 8.10. The van der Waals surface area contributed by atoms with Gasteiger partial charge >= 0.3 is 5.97 Å². The second-order valence-corrected chi connectivity index (χ2v) is 3.70. The van der Waals surface area contributed by atoms with Gasteiger partial charge in [-0.2, -0.15) is 5.26 Å². The fraction of sp³-hybridized carbons (Fsp3) is 0.286. The number of hydrogen-bond acceptors (Lipinski definition) is 3. The minimum absolute atomic E-state index is 0.0671. The number of benzene rings is 1. The number of rotatable bonds is 3. The van der Waals surface area contributed by atoms with Crippen LogP contribution in [0.15, 0.2) is 29.8 Å². The molecule has 0 amide bonds. The van der Waals surface area contributed by atoms with Crippen molar-refractivity contribution < 1.29 is 9.53 Å². The van der Waals surface area contributed by atoms with Crippen LogP contribution in [0.2, 0.25) is 0 Å². The van der Waals surface area contributed by atoms with E-state index in [2.05, 4.69) is 0 Å². The Morgan fingerprint density at radius 1 is 1.47 bits per heavy atom. The lowest BCUT2D eigenvalue weighted by Crippen LogP contribution is -2.08. The second kappa shape index (κ2) is 5.86. The van der Waals surface area contributed by atoms with E-state index in [-0.39, 0.29) is 12.2 Å². The molecule has 1 aromatic carbocycles. The smallest absolute Gasteiger partial charge is 0.349 e. The molecule has 0 bridgehead atoms. The summed E-state index contributed by atoms with van der Waals surface area (Å²) in [6.45, 7) is 5.71. The van der Waals surface area contributed by atoms with E-state index in [1.165, 1.54) is 0 Å². The molecule has 0 saturated carbocycles. The summed E-state index contributed by atoms with van der Waals surface area (Å²) < 4.78 is 4.85. The maximum absolute atomic E-state index is 11.6. The zero-order valence-electron chi connectivity index (χ0n) is 10.3. The summed E-state index contributed by atoms with van der Waals surface area (Å²) in [5.41, 5.74) is 2.67. The minimum atomic E-state index is -0.561. The van der Waals surface area contributed by atoms with Crippen LogP contribution in [0.5, 0.6) is 0 Å². The van der Waals surface area contributed by atoms with Crippen LogP contribution in [0.25, 0.3) is 5.57 Å². The predicted molar refractivity (Wildman–Crippen MR) is 66.0 cm³/mol. The number of carbonyl (C=O) groups excluding carboxylic acids is 1. The van der Waals surface area contributed by atoms with Crippen molar-refractivity contribution in [2.75, 3.05) is 6.61 Å². The summed E-state index contributed by atoms with van der Waals surface area (Å²) in [5.74, 6) is -0.561. The Labute approximate surface area is 101 Å². The quantitative estimate of drug-likeness (QED) is 0.455. The van der Waals surface area contributed by atoms with Gasteiger partial charge in [-0.25, -0.2) is 4.79 Å². The third-order valence-electron chi connectivity index (χ3n) is 2.42. The van der Waals surface area contributed by atoms with Crippen LogP contribution in [0.3, 0.4) is 0 Å². The summed E-state index contributed by atoms with van der Waals surface area (Å²) in [6.07, 6.45) is 0. The Hall–Kier alpha value is -2.08. The van der Waals surface area contributed by atoms with E-state index < -0.39 is 5.97 Å². The number of aryl methyl sites for hydroxylation is 1. The summed E-state index contributed by atoms with van der Waals surface area (Å²) in [5, 5.41) is 9.02. The van der Waals surface area contributed by atoms with Crippen molar-refractivity contribution in [1.29, 1.82) is 5.26 Å². The molecule has 0 aliphatic rings. The van der Waals surface area contributed by atoms with Crippen molar-refractivity contribution in [3.8, 4) is 6.07 Å². The molecule has 3 nitrogen and oxygen atoms in total. The number of allylic oxidation sites excluding steroid dienone is 1. The SMILES string of the molecule is CCOC(=O)/C(C#N)=C(/C)c1cccc(C)c1. The molecule has 0 aromatic heterocycles. The fourth-order valence-corrected chi connectivity index (χ4v) is 1.51. The molecule has 0 spiro atoms. The van der Waals surface area contributed by atoms with Crippen LogP contribution in [0.1, 0.15) is 25.0 Å². The molecule has 0 atom stereocenters. The van der Waals surface area contributed by atoms with E-state index in [0.717, 1.165) is 11.1 Å². The second-order valence-electron chi connectivity index (χ2n) is 3.70. The van der Waals surface area contributed by atoms with Crippen molar-refractivity contribution in [3.05, 3.63) is 41.0 Å². The fourth-order valence-electron chi connectivity index (χ4n) is 1.51. The molecule has 1 rings (SSSR count). The molecule has 17 heavy (non-hydrogen) atoms. The Morgan fingerprint density at radius 2 is 2.18 bits per heavy atom. The van der Waals surface area contributed by atoms with Gasteiger partial charge in [0.1, 0.15) is 11.6 Å². The Balaban J connectivity index is 3.18. The Morgan fingerprint density at radius 3 is 2.71 bits per heavy atom. The molecule has 1 aromatic rings. The van der Waals surface area contributed by atoms with E-state index in [1.54, 1.807) is 13.8 Å². The Bertz CT molecular complexity index is 495. The first kappa shape index (κ1) is 13.0. The normalized spacial score (nSPS) is 11.4. The molecule has 0 fully saturated rings. The van der Waals surface area contributed by atoms with Crippen LogP contribution in [0, 0.1) is 18.3 Å². The summed E-state index contributed by atoms with van der Waals surface area (Å²) in [7, 11) is 0. The maximum atomic E-state index is 11.6. The average molecular weight is 229 g/mol. The lowest BCUT2D eigenvalue weighted by molar-refractivity contribution is -0.137. The number of hydrogen-bond donors (Lipinski definition) is 0. The van der Waals surface area contributed by atoms with Crippen molar-refractivity contribution >= 4 is 11.5 Å². The van der Waals surface area contributed by atoms with Crippen LogP contribution in [0.4, 0.5) is 0 Å². The standard InChI is InChI=1S/C14H15NO2/c1-4-17-14(16)13(9-15)11(3)12-7-5-6-10(2)8-12/h5-8H,4H2,1-3H3/b13-11-. The third-order valence-corrected chi connectivity index (χ3v) is 2.42. The molecule has 0 heterocycles. The van der Waals surface area contributed by atoms with Gasteiger partial charge in [0.05, 0.1) is 6.61 Å². The lowest BCUT2D eigenvalue weighted by Gasteiger charge is -2.06. The van der Waals surface area contributed by atoms with Gasteiger partial charge in [0.2, 0.25) is 0 Å². The van der Waals surface area contributed by atoms with Crippen LogP contribution in [-0.4, -0.2) is 12.6 Å². The largest absolute Gasteiger partial charge is 0.462 e. The highest BCUT2D eigenvalue weighted by Gasteiger charge is 2.14. The average Bonchev–Trinajstić information content (AvgIpc) is 2.30. The number of ether oxygens (including phenoxy) is 1. The lowest BCUT2D eigenvalue weighted by atomic mass is 10.0. The van der Waals surface area contributed by atoms with Gasteiger partial charge in [-0.15, -0.1) is 0 Å². The molecule has 88 valence electrons. The summed E-state index contributed by atoms with van der Waals surface area (Å²) >= 11 is 0. The van der Waals surface area contributed by atoms with Crippen molar-refractivity contribution in [2.24, 2.45) is 0 Å². The first-order valence-electron chi connectivity index (χ1n) is 5.45. The predicted octanol–water partition coefficient (Wildman–Crippen LogP) is 2.86. The number of esters is 1. The maximum Gasteiger partial charge on any atom is 0.349 e. The summed E-state index contributed by atoms with van der Waals surface area (Å²) in [4.78, 5) is 11.6. The molecule has 0 aliphatic carbocycles. The minimum Gasteiger partial charge on any atom is -0.462 e. The molecule has 3 heteroatoms. The molecule has 0 saturated heterocycles. The van der Waals surface area contributed by atoms with Crippen LogP contribution >= 0.6 is 0 Å². The molecule has 0 N–H and O–H groups in total. The molecule has 0 radical (unpaired) electrons. The van der Waals surface area contributed by atoms with Gasteiger partial charge in [-0.05, 0) is 31.9 Å². The molecule has 0 aliphatic heterocycles. The highest BCUT2D eigenvalue weighted by Crippen LogP contribution is 2.19. The molecule has 0 unspecified atom stereocenters. The zero-order chi connectivity index (χ0) is 12.8. The van der Waals surface area contributed by atoms with Gasteiger partial charge in [-0.1, -0.05) is 29.8 Å². The van der Waals surface area contributed by atoms with Crippen LogP contribution < -0.4 is 0 Å². The number of nitriles is 1. The van der Waals surface area contributed by atoms with Crippen molar-refractivity contribution in [3.63, 3.8) is 0 Å². The van der Waals surface area contributed by atoms with E-state index in [9.17, 15) is 4.79 Å². The Kier molecular flexibility index (Phi) is 4.47. The number of nitrogens with zero attached hydrogens (tertiary/aromatic N) is 1. The van der Waals surface area contributed by atoms with Gasteiger partial charge in [-0.3, -0.25) is 0 Å². The van der Waals surface area contributed by atoms with Gasteiger partial charge in [0.15, 0.2) is 0 Å². The number of carbonyl (C=O) groups is 1. The van der Waals surface area contributed by atoms with Crippen molar-refractivity contribution in [2.45, 2.75) is 20.8 Å². The topological polar surface area (TPSA) is 50.1 Å². The highest BCUT2D eigenvalue weighted by atomic mass is 16.5. The van der Waals surface area contributed by atoms with Crippen molar-refractivity contribution in [1.82, 2.24) is 0 Å². The van der Waals surface area contributed by atoms with E-state index >= 15 is 0 Å². The monoisotopic (exact) mass is 229 g/mol. The third kappa shape index (κ3) is 3.18. The zero-order valence-corrected chi connectivity index (χ0v) is 10.3. The molecular weight excluding hydrogens is 214 g/mol.